The normalized spacial score (nSPS) is 15.6. The number of hydrogen-bond acceptors (Lipinski definition) is 6. The van der Waals surface area contributed by atoms with E-state index in [1.165, 1.54) is 11.3 Å². The van der Waals surface area contributed by atoms with E-state index >= 15 is 0 Å². The van der Waals surface area contributed by atoms with Crippen molar-refractivity contribution in [1.29, 1.82) is 0 Å². The topological polar surface area (TPSA) is 55.2 Å². The van der Waals surface area contributed by atoms with Crippen LogP contribution in [-0.2, 0) is 0 Å². The summed E-state index contributed by atoms with van der Waals surface area (Å²) in [7, 11) is 5.74. The second kappa shape index (κ2) is 6.33. The zero-order valence-electron chi connectivity index (χ0n) is 14.3. The Bertz CT molecular complexity index is 873. The van der Waals surface area contributed by atoms with E-state index in [2.05, 4.69) is 44.8 Å². The summed E-state index contributed by atoms with van der Waals surface area (Å²) in [6.07, 6.45) is 0. The lowest BCUT2D eigenvalue weighted by atomic mass is 10.2. The van der Waals surface area contributed by atoms with Crippen molar-refractivity contribution >= 4 is 17.4 Å². The van der Waals surface area contributed by atoms with Crippen molar-refractivity contribution in [2.75, 3.05) is 31.5 Å². The lowest BCUT2D eigenvalue weighted by molar-refractivity contribution is 0.415. The average Bonchev–Trinajstić information content (AvgIpc) is 3.22. The number of rotatable bonds is 4. The number of nitrogens with one attached hydrogen (secondary N) is 1. The number of hydrogen-bond donors (Lipinski definition) is 1. The van der Waals surface area contributed by atoms with Crippen LogP contribution in [0.4, 0.5) is 5.69 Å². The molecule has 25 heavy (non-hydrogen) atoms. The molecular weight excluding hydrogens is 334 g/mol. The van der Waals surface area contributed by atoms with E-state index in [-0.39, 0.29) is 5.37 Å². The van der Waals surface area contributed by atoms with Crippen LogP contribution in [0, 0.1) is 0 Å². The van der Waals surface area contributed by atoms with Crippen molar-refractivity contribution in [3.8, 4) is 17.1 Å². The number of fused-ring (bicyclic) bond motifs is 1. The summed E-state index contributed by atoms with van der Waals surface area (Å²) in [5.74, 6) is 1.63. The Morgan fingerprint density at radius 1 is 1.04 bits per heavy atom. The first-order valence-corrected chi connectivity index (χ1v) is 8.84. The smallest absolute Gasteiger partial charge is 0.212 e. The first-order valence-electron chi connectivity index (χ1n) is 7.96. The van der Waals surface area contributed by atoms with Crippen LogP contribution in [0.2, 0.25) is 0 Å². The fraction of sp³-hybridized carbons (Fsp3) is 0.222. The van der Waals surface area contributed by atoms with Gasteiger partial charge >= 0.3 is 0 Å². The molecule has 0 aliphatic carbocycles. The summed E-state index contributed by atoms with van der Waals surface area (Å²) >= 11 is 1.67. The maximum Gasteiger partial charge on any atom is 0.212 e. The number of nitrogens with zero attached hydrogens (tertiary/aromatic N) is 4. The van der Waals surface area contributed by atoms with Gasteiger partial charge in [-0.2, -0.15) is 0 Å². The van der Waals surface area contributed by atoms with Crippen LogP contribution in [-0.4, -0.2) is 36.1 Å². The Hall–Kier alpha value is -2.67. The van der Waals surface area contributed by atoms with Crippen LogP contribution < -0.4 is 15.1 Å². The van der Waals surface area contributed by atoms with Gasteiger partial charge in [0.2, 0.25) is 5.16 Å². The highest BCUT2D eigenvalue weighted by molar-refractivity contribution is 7.99. The first kappa shape index (κ1) is 15.8. The molecule has 0 saturated heterocycles. The molecule has 0 bridgehead atoms. The lowest BCUT2D eigenvalue weighted by Gasteiger charge is -2.15. The first-order chi connectivity index (χ1) is 12.2. The summed E-state index contributed by atoms with van der Waals surface area (Å²) in [5.41, 5.74) is 6.88. The van der Waals surface area contributed by atoms with E-state index in [9.17, 15) is 0 Å². The molecule has 0 radical (unpaired) electrons. The predicted octanol–water partition coefficient (Wildman–Crippen LogP) is 3.37. The van der Waals surface area contributed by atoms with Crippen LogP contribution in [0.3, 0.4) is 0 Å². The molecule has 0 saturated carbocycles. The Morgan fingerprint density at radius 2 is 1.76 bits per heavy atom. The zero-order chi connectivity index (χ0) is 17.4. The van der Waals surface area contributed by atoms with Crippen molar-refractivity contribution < 1.29 is 4.74 Å². The standard InChI is InChI=1S/C18H19N5OS/c1-22(2)14-8-4-13(5-9-14)17-21-23-16(19-20-18(23)25-17)12-6-10-15(24-3)11-7-12/h4-11,17,21H,1-3H3. The summed E-state index contributed by atoms with van der Waals surface area (Å²) in [5, 5.41) is 9.61. The van der Waals surface area contributed by atoms with Gasteiger partial charge in [0.1, 0.15) is 11.1 Å². The van der Waals surface area contributed by atoms with Gasteiger partial charge in [0.05, 0.1) is 7.11 Å². The largest absolute Gasteiger partial charge is 0.497 e. The Labute approximate surface area is 150 Å². The quantitative estimate of drug-likeness (QED) is 0.776. The van der Waals surface area contributed by atoms with E-state index in [0.717, 1.165) is 22.3 Å². The molecule has 1 aliphatic heterocycles. The summed E-state index contributed by atoms with van der Waals surface area (Å²) in [6, 6.07) is 16.4. The number of anilines is 1. The van der Waals surface area contributed by atoms with Crippen molar-refractivity contribution in [3.63, 3.8) is 0 Å². The number of ether oxygens (including phenoxy) is 1. The SMILES string of the molecule is COc1ccc(-c2nnc3n2NC(c2ccc(N(C)C)cc2)S3)cc1. The fourth-order valence-corrected chi connectivity index (χ4v) is 3.72. The molecule has 128 valence electrons. The van der Waals surface area contributed by atoms with E-state index in [1.54, 1.807) is 18.9 Å². The predicted molar refractivity (Wildman–Crippen MR) is 101 cm³/mol. The van der Waals surface area contributed by atoms with Gasteiger partial charge in [0.15, 0.2) is 5.82 Å². The highest BCUT2D eigenvalue weighted by Crippen LogP contribution is 2.40. The molecule has 1 aliphatic rings. The minimum Gasteiger partial charge on any atom is -0.497 e. The molecule has 4 rings (SSSR count). The van der Waals surface area contributed by atoms with Gasteiger partial charge in [-0.15, -0.1) is 10.2 Å². The third kappa shape index (κ3) is 2.91. The second-order valence-corrected chi connectivity index (χ2v) is 7.06. The second-order valence-electron chi connectivity index (χ2n) is 5.98. The van der Waals surface area contributed by atoms with Crippen molar-refractivity contribution in [1.82, 2.24) is 14.9 Å². The van der Waals surface area contributed by atoms with Crippen molar-refractivity contribution in [2.24, 2.45) is 0 Å². The van der Waals surface area contributed by atoms with Gasteiger partial charge < -0.3 is 15.1 Å². The van der Waals surface area contributed by atoms with Gasteiger partial charge in [-0.25, -0.2) is 4.68 Å². The molecule has 2 heterocycles. The summed E-state index contributed by atoms with van der Waals surface area (Å²) in [4.78, 5) is 2.09. The molecule has 0 amide bonds. The van der Waals surface area contributed by atoms with Crippen LogP contribution in [0.1, 0.15) is 10.9 Å². The average molecular weight is 353 g/mol. The van der Waals surface area contributed by atoms with Crippen LogP contribution >= 0.6 is 11.8 Å². The molecule has 1 aromatic heterocycles. The van der Waals surface area contributed by atoms with Gasteiger partial charge in [0.25, 0.3) is 0 Å². The van der Waals surface area contributed by atoms with E-state index in [4.69, 9.17) is 4.74 Å². The molecule has 1 atom stereocenters. The zero-order valence-corrected chi connectivity index (χ0v) is 15.1. The van der Waals surface area contributed by atoms with Crippen LogP contribution in [0.25, 0.3) is 11.4 Å². The Morgan fingerprint density at radius 3 is 2.40 bits per heavy atom. The van der Waals surface area contributed by atoms with Gasteiger partial charge in [-0.05, 0) is 42.0 Å². The molecule has 1 unspecified atom stereocenters. The Balaban J connectivity index is 1.57. The van der Waals surface area contributed by atoms with Gasteiger partial charge in [0, 0.05) is 25.3 Å². The van der Waals surface area contributed by atoms with E-state index in [0.29, 0.717) is 0 Å². The molecule has 0 fully saturated rings. The third-order valence-corrected chi connectivity index (χ3v) is 5.25. The monoisotopic (exact) mass is 353 g/mol. The maximum atomic E-state index is 5.21. The van der Waals surface area contributed by atoms with Crippen molar-refractivity contribution in [2.45, 2.75) is 10.5 Å². The molecule has 7 heteroatoms. The van der Waals surface area contributed by atoms with Crippen LogP contribution in [0.15, 0.2) is 53.7 Å². The summed E-state index contributed by atoms with van der Waals surface area (Å²) in [6.45, 7) is 0. The molecule has 0 spiro atoms. The molecule has 2 aromatic carbocycles. The summed E-state index contributed by atoms with van der Waals surface area (Å²) < 4.78 is 7.17. The number of methoxy groups -OCH3 is 1. The Kier molecular flexibility index (Phi) is 4.01. The number of benzene rings is 2. The van der Waals surface area contributed by atoms with Crippen molar-refractivity contribution in [3.05, 3.63) is 54.1 Å². The highest BCUT2D eigenvalue weighted by Gasteiger charge is 2.28. The van der Waals surface area contributed by atoms with Crippen LogP contribution in [0.5, 0.6) is 5.75 Å². The highest BCUT2D eigenvalue weighted by atomic mass is 32.2. The van der Waals surface area contributed by atoms with Gasteiger partial charge in [-0.3, -0.25) is 0 Å². The third-order valence-electron chi connectivity index (χ3n) is 4.16. The molecular formula is C18H19N5OS. The minimum absolute atomic E-state index is 0.124. The van der Waals surface area contributed by atoms with E-state index < -0.39 is 0 Å². The minimum atomic E-state index is 0.124. The molecule has 3 aromatic rings. The number of aromatic nitrogens is 3. The lowest BCUT2D eigenvalue weighted by Crippen LogP contribution is -2.14. The maximum absolute atomic E-state index is 5.21. The van der Waals surface area contributed by atoms with E-state index in [1.807, 2.05) is 43.0 Å². The number of thioether (sulfide) groups is 1. The fourth-order valence-electron chi connectivity index (χ4n) is 2.73. The van der Waals surface area contributed by atoms with Gasteiger partial charge in [-0.1, -0.05) is 23.9 Å². The molecule has 1 N–H and O–H groups in total. The molecule has 6 nitrogen and oxygen atoms in total.